The smallest absolute Gasteiger partial charge is 0.275 e. The van der Waals surface area contributed by atoms with Crippen molar-refractivity contribution in [1.82, 2.24) is 9.88 Å². The molecule has 0 aliphatic carbocycles. The Bertz CT molecular complexity index is 1060. The van der Waals surface area contributed by atoms with E-state index in [0.29, 0.717) is 41.7 Å². The number of hydrogen-bond donors (Lipinski definition) is 2. The lowest BCUT2D eigenvalue weighted by molar-refractivity contribution is -0.118. The van der Waals surface area contributed by atoms with Gasteiger partial charge in [-0.25, -0.2) is 9.37 Å². The zero-order valence-electron chi connectivity index (χ0n) is 16.6. The maximum absolute atomic E-state index is 13.9. The van der Waals surface area contributed by atoms with Crippen molar-refractivity contribution < 1.29 is 18.7 Å². The van der Waals surface area contributed by atoms with E-state index in [4.69, 9.17) is 4.74 Å². The van der Waals surface area contributed by atoms with Crippen molar-refractivity contribution in [3.05, 3.63) is 65.4 Å². The maximum Gasteiger partial charge on any atom is 0.275 e. The van der Waals surface area contributed by atoms with Crippen molar-refractivity contribution in [3.63, 3.8) is 0 Å². The Labute approximate surface area is 182 Å². The van der Waals surface area contributed by atoms with Gasteiger partial charge >= 0.3 is 0 Å². The van der Waals surface area contributed by atoms with Crippen molar-refractivity contribution in [2.24, 2.45) is 0 Å². The molecule has 9 heteroatoms. The van der Waals surface area contributed by atoms with Gasteiger partial charge in [0.15, 0.2) is 0 Å². The number of nitrogens with one attached hydrogen (secondary N) is 2. The van der Waals surface area contributed by atoms with E-state index >= 15 is 0 Å². The van der Waals surface area contributed by atoms with Crippen molar-refractivity contribution in [2.75, 3.05) is 43.5 Å². The van der Waals surface area contributed by atoms with E-state index in [1.54, 1.807) is 47.8 Å². The number of aromatic nitrogens is 1. The Morgan fingerprint density at radius 3 is 2.42 bits per heavy atom. The Morgan fingerprint density at radius 1 is 1.03 bits per heavy atom. The van der Waals surface area contributed by atoms with Gasteiger partial charge in [-0.05, 0) is 36.4 Å². The molecule has 1 aliphatic rings. The first-order valence-corrected chi connectivity index (χ1v) is 10.7. The first-order valence-electron chi connectivity index (χ1n) is 9.80. The number of rotatable bonds is 6. The molecule has 0 radical (unpaired) electrons. The van der Waals surface area contributed by atoms with Crippen LogP contribution in [0.1, 0.15) is 10.5 Å². The van der Waals surface area contributed by atoms with Crippen LogP contribution >= 0.6 is 11.3 Å². The summed E-state index contributed by atoms with van der Waals surface area (Å²) in [5.41, 5.74) is 1.79. The van der Waals surface area contributed by atoms with Crippen LogP contribution < -0.4 is 10.6 Å². The molecule has 0 atom stereocenters. The van der Waals surface area contributed by atoms with Gasteiger partial charge in [0.05, 0.1) is 19.8 Å². The highest BCUT2D eigenvalue weighted by molar-refractivity contribution is 7.13. The Morgan fingerprint density at radius 2 is 1.71 bits per heavy atom. The fraction of sp³-hybridized carbons (Fsp3) is 0.227. The summed E-state index contributed by atoms with van der Waals surface area (Å²) in [7, 11) is 0. The van der Waals surface area contributed by atoms with Gasteiger partial charge in [0.2, 0.25) is 5.91 Å². The lowest BCUT2D eigenvalue weighted by Crippen LogP contribution is -2.41. The highest BCUT2D eigenvalue weighted by atomic mass is 32.1. The number of thiazole rings is 1. The molecule has 2 heterocycles. The molecule has 0 bridgehead atoms. The third-order valence-electron chi connectivity index (χ3n) is 4.74. The standard InChI is InChI=1S/C22H21FN4O3S/c23-18-4-2-1-3-17(18)22-26-19(14-31-22)21(29)25-16-7-5-15(6-8-16)24-20(28)13-27-9-11-30-12-10-27/h1-8,14H,9-13H2,(H,24,28)(H,25,29). The monoisotopic (exact) mass is 440 g/mol. The molecular weight excluding hydrogens is 419 g/mol. The largest absolute Gasteiger partial charge is 0.379 e. The van der Waals surface area contributed by atoms with Gasteiger partial charge in [-0.1, -0.05) is 12.1 Å². The zero-order valence-corrected chi connectivity index (χ0v) is 17.5. The zero-order chi connectivity index (χ0) is 21.6. The van der Waals surface area contributed by atoms with E-state index in [0.717, 1.165) is 13.1 Å². The number of carbonyl (C=O) groups excluding carboxylic acids is 2. The van der Waals surface area contributed by atoms with E-state index < -0.39 is 0 Å². The molecular formula is C22H21FN4O3S. The van der Waals surface area contributed by atoms with Gasteiger partial charge < -0.3 is 15.4 Å². The average molecular weight is 441 g/mol. The SMILES string of the molecule is O=C(CN1CCOCC1)Nc1ccc(NC(=O)c2csc(-c3ccccc3F)n2)cc1. The summed E-state index contributed by atoms with van der Waals surface area (Å²) in [6.07, 6.45) is 0. The molecule has 160 valence electrons. The van der Waals surface area contributed by atoms with Gasteiger partial charge in [-0.15, -0.1) is 11.3 Å². The summed E-state index contributed by atoms with van der Waals surface area (Å²) in [5.74, 6) is -0.861. The number of ether oxygens (including phenoxy) is 1. The molecule has 0 spiro atoms. The van der Waals surface area contributed by atoms with Gasteiger partial charge in [-0.3, -0.25) is 14.5 Å². The molecule has 31 heavy (non-hydrogen) atoms. The van der Waals surface area contributed by atoms with Crippen molar-refractivity contribution >= 4 is 34.5 Å². The number of halogens is 1. The molecule has 4 rings (SSSR count). The summed E-state index contributed by atoms with van der Waals surface area (Å²) in [4.78, 5) is 30.9. The number of amides is 2. The summed E-state index contributed by atoms with van der Waals surface area (Å²) in [5, 5.41) is 7.65. The molecule has 1 aliphatic heterocycles. The topological polar surface area (TPSA) is 83.6 Å². The van der Waals surface area contributed by atoms with Crippen LogP contribution in [0.25, 0.3) is 10.6 Å². The van der Waals surface area contributed by atoms with Crippen molar-refractivity contribution in [3.8, 4) is 10.6 Å². The normalized spacial score (nSPS) is 14.2. The van der Waals surface area contributed by atoms with Gasteiger partial charge in [0.25, 0.3) is 5.91 Å². The summed E-state index contributed by atoms with van der Waals surface area (Å²) in [6.45, 7) is 3.09. The highest BCUT2D eigenvalue weighted by Crippen LogP contribution is 2.26. The molecule has 0 saturated carbocycles. The van der Waals surface area contributed by atoms with Crippen LogP contribution in [-0.4, -0.2) is 54.5 Å². The minimum absolute atomic E-state index is 0.0955. The summed E-state index contributed by atoms with van der Waals surface area (Å²) < 4.78 is 19.2. The molecule has 7 nitrogen and oxygen atoms in total. The molecule has 2 N–H and O–H groups in total. The van der Waals surface area contributed by atoms with Crippen LogP contribution in [0.15, 0.2) is 53.9 Å². The summed E-state index contributed by atoms with van der Waals surface area (Å²) in [6, 6.07) is 13.2. The molecule has 0 unspecified atom stereocenters. The van der Waals surface area contributed by atoms with Crippen LogP contribution in [0, 0.1) is 5.82 Å². The number of morpholine rings is 1. The Kier molecular flexibility index (Phi) is 6.66. The van der Waals surface area contributed by atoms with E-state index in [1.807, 2.05) is 4.90 Å². The molecule has 2 amide bonds. The molecule has 1 fully saturated rings. The van der Waals surface area contributed by atoms with E-state index in [9.17, 15) is 14.0 Å². The van der Waals surface area contributed by atoms with Crippen LogP contribution in [0.2, 0.25) is 0 Å². The Hall–Kier alpha value is -3.14. The van der Waals surface area contributed by atoms with E-state index in [2.05, 4.69) is 15.6 Å². The number of carbonyl (C=O) groups is 2. The predicted molar refractivity (Wildman–Crippen MR) is 118 cm³/mol. The van der Waals surface area contributed by atoms with Crippen LogP contribution in [0.3, 0.4) is 0 Å². The third kappa shape index (κ3) is 5.52. The second kappa shape index (κ2) is 9.78. The first kappa shape index (κ1) is 21.1. The first-order chi connectivity index (χ1) is 15.1. The average Bonchev–Trinajstić information content (AvgIpc) is 3.26. The number of benzene rings is 2. The lowest BCUT2D eigenvalue weighted by atomic mass is 10.2. The fourth-order valence-electron chi connectivity index (χ4n) is 3.13. The molecule has 3 aromatic rings. The van der Waals surface area contributed by atoms with Gasteiger partial charge in [0.1, 0.15) is 16.5 Å². The second-order valence-electron chi connectivity index (χ2n) is 6.99. The highest BCUT2D eigenvalue weighted by Gasteiger charge is 2.16. The minimum Gasteiger partial charge on any atom is -0.379 e. The van der Waals surface area contributed by atoms with Crippen LogP contribution in [0.5, 0.6) is 0 Å². The summed E-state index contributed by atoms with van der Waals surface area (Å²) >= 11 is 1.21. The van der Waals surface area contributed by atoms with Crippen molar-refractivity contribution in [1.29, 1.82) is 0 Å². The van der Waals surface area contributed by atoms with Crippen molar-refractivity contribution in [2.45, 2.75) is 0 Å². The van der Waals surface area contributed by atoms with Crippen LogP contribution in [0.4, 0.5) is 15.8 Å². The Balaban J connectivity index is 1.33. The quantitative estimate of drug-likeness (QED) is 0.613. The maximum atomic E-state index is 13.9. The van der Waals surface area contributed by atoms with Crippen LogP contribution in [-0.2, 0) is 9.53 Å². The fourth-order valence-corrected chi connectivity index (χ4v) is 3.96. The van der Waals surface area contributed by atoms with E-state index in [1.165, 1.54) is 17.4 Å². The van der Waals surface area contributed by atoms with Gasteiger partial charge in [-0.2, -0.15) is 0 Å². The van der Waals surface area contributed by atoms with Gasteiger partial charge in [0, 0.05) is 35.4 Å². The lowest BCUT2D eigenvalue weighted by Gasteiger charge is -2.25. The van der Waals surface area contributed by atoms with E-state index in [-0.39, 0.29) is 23.3 Å². The predicted octanol–water partition coefficient (Wildman–Crippen LogP) is 3.47. The number of anilines is 2. The number of nitrogens with zero attached hydrogens (tertiary/aromatic N) is 2. The molecule has 2 aromatic carbocycles. The minimum atomic E-state index is -0.386. The molecule has 1 aromatic heterocycles. The molecule has 1 saturated heterocycles. The second-order valence-corrected chi connectivity index (χ2v) is 7.84. The number of hydrogen-bond acceptors (Lipinski definition) is 6. The third-order valence-corrected chi connectivity index (χ3v) is 5.61.